The SMILES string of the molecule is CN(C(C)(C)C#N)S(C)(=O)=O. The van der Waals surface area contributed by atoms with Gasteiger partial charge in [-0.3, -0.25) is 0 Å². The predicted octanol–water partition coefficient (Wildman–Crippen LogP) is 0.180. The molecule has 64 valence electrons. The third kappa shape index (κ3) is 2.48. The van der Waals surface area contributed by atoms with Crippen molar-refractivity contribution in [3.63, 3.8) is 0 Å². The molecule has 0 amide bonds. The second-order valence-electron chi connectivity index (χ2n) is 2.90. The summed E-state index contributed by atoms with van der Waals surface area (Å²) < 4.78 is 22.9. The molecule has 0 saturated heterocycles. The minimum atomic E-state index is -3.26. The first-order valence-corrected chi connectivity index (χ1v) is 4.92. The Morgan fingerprint density at radius 1 is 1.45 bits per heavy atom. The van der Waals surface area contributed by atoms with Crippen LogP contribution in [0.5, 0.6) is 0 Å². The summed E-state index contributed by atoms with van der Waals surface area (Å²) in [6.07, 6.45) is 1.08. The minimum Gasteiger partial charge on any atom is -0.212 e. The largest absolute Gasteiger partial charge is 0.212 e. The normalized spacial score (nSPS) is 13.1. The monoisotopic (exact) mass is 176 g/mol. The van der Waals surface area contributed by atoms with Crippen molar-refractivity contribution in [1.29, 1.82) is 5.26 Å². The first-order valence-electron chi connectivity index (χ1n) is 3.07. The highest BCUT2D eigenvalue weighted by Gasteiger charge is 2.29. The zero-order valence-corrected chi connectivity index (χ0v) is 7.94. The van der Waals surface area contributed by atoms with Crippen molar-refractivity contribution in [3.8, 4) is 6.07 Å². The van der Waals surface area contributed by atoms with Gasteiger partial charge in [0.25, 0.3) is 0 Å². The van der Waals surface area contributed by atoms with E-state index >= 15 is 0 Å². The highest BCUT2D eigenvalue weighted by Crippen LogP contribution is 2.13. The van der Waals surface area contributed by atoms with Gasteiger partial charge in [-0.05, 0) is 13.8 Å². The number of nitrogens with zero attached hydrogens (tertiary/aromatic N) is 2. The van der Waals surface area contributed by atoms with E-state index in [1.165, 1.54) is 7.05 Å². The molecule has 0 aromatic carbocycles. The number of hydrogen-bond acceptors (Lipinski definition) is 3. The van der Waals surface area contributed by atoms with Gasteiger partial charge in [0.05, 0.1) is 12.3 Å². The summed E-state index contributed by atoms with van der Waals surface area (Å²) >= 11 is 0. The highest BCUT2D eigenvalue weighted by molar-refractivity contribution is 7.88. The summed E-state index contributed by atoms with van der Waals surface area (Å²) in [6, 6.07) is 1.89. The van der Waals surface area contributed by atoms with Gasteiger partial charge in [0, 0.05) is 7.05 Å². The zero-order valence-electron chi connectivity index (χ0n) is 7.12. The molecule has 0 heterocycles. The number of nitriles is 1. The zero-order chi connectivity index (χ0) is 9.28. The second-order valence-corrected chi connectivity index (χ2v) is 4.92. The van der Waals surface area contributed by atoms with Crippen LogP contribution in [0.2, 0.25) is 0 Å². The average molecular weight is 176 g/mol. The molecule has 4 nitrogen and oxygen atoms in total. The maximum absolute atomic E-state index is 10.9. The topological polar surface area (TPSA) is 61.2 Å². The Morgan fingerprint density at radius 2 is 1.82 bits per heavy atom. The molecule has 0 atom stereocenters. The van der Waals surface area contributed by atoms with Gasteiger partial charge in [-0.1, -0.05) is 0 Å². The van der Waals surface area contributed by atoms with Crippen LogP contribution in [0.25, 0.3) is 0 Å². The molecule has 0 saturated carbocycles. The number of hydrogen-bond donors (Lipinski definition) is 0. The Kier molecular flexibility index (Phi) is 2.64. The summed E-state index contributed by atoms with van der Waals surface area (Å²) in [7, 11) is -1.87. The van der Waals surface area contributed by atoms with E-state index in [-0.39, 0.29) is 0 Å². The van der Waals surface area contributed by atoms with E-state index in [2.05, 4.69) is 0 Å². The molecule has 0 fully saturated rings. The Balaban J connectivity index is 4.82. The van der Waals surface area contributed by atoms with E-state index < -0.39 is 15.6 Å². The third-order valence-electron chi connectivity index (χ3n) is 1.56. The molecule has 0 aromatic heterocycles. The fourth-order valence-corrected chi connectivity index (χ4v) is 1.35. The van der Waals surface area contributed by atoms with Gasteiger partial charge in [-0.2, -0.15) is 9.57 Å². The lowest BCUT2D eigenvalue weighted by Crippen LogP contribution is -2.43. The van der Waals surface area contributed by atoms with Gasteiger partial charge < -0.3 is 0 Å². The van der Waals surface area contributed by atoms with Crippen molar-refractivity contribution in [2.24, 2.45) is 0 Å². The molecule has 0 aliphatic heterocycles. The predicted molar refractivity (Wildman–Crippen MR) is 42.3 cm³/mol. The molecule has 0 unspecified atom stereocenters. The molecule has 0 bridgehead atoms. The number of sulfonamides is 1. The maximum Gasteiger partial charge on any atom is 0.212 e. The lowest BCUT2D eigenvalue weighted by Gasteiger charge is -2.26. The molecule has 0 aliphatic carbocycles. The van der Waals surface area contributed by atoms with Crippen LogP contribution >= 0.6 is 0 Å². The van der Waals surface area contributed by atoms with Crippen LogP contribution in [-0.4, -0.2) is 31.6 Å². The van der Waals surface area contributed by atoms with Crippen molar-refractivity contribution < 1.29 is 8.42 Å². The molecular weight excluding hydrogens is 164 g/mol. The standard InChI is InChI=1S/C6H12N2O2S/c1-6(2,5-7)8(3)11(4,9)10/h1-4H3. The van der Waals surface area contributed by atoms with Crippen molar-refractivity contribution in [2.75, 3.05) is 13.3 Å². The van der Waals surface area contributed by atoms with Gasteiger partial charge in [-0.15, -0.1) is 0 Å². The van der Waals surface area contributed by atoms with Crippen molar-refractivity contribution in [1.82, 2.24) is 4.31 Å². The van der Waals surface area contributed by atoms with Crippen LogP contribution in [0.15, 0.2) is 0 Å². The lowest BCUT2D eigenvalue weighted by atomic mass is 10.1. The van der Waals surface area contributed by atoms with Gasteiger partial charge in [0.1, 0.15) is 5.54 Å². The first kappa shape index (κ1) is 10.4. The van der Waals surface area contributed by atoms with E-state index in [0.717, 1.165) is 10.6 Å². The molecular formula is C6H12N2O2S. The van der Waals surface area contributed by atoms with Gasteiger partial charge in [-0.25, -0.2) is 8.42 Å². The lowest BCUT2D eigenvalue weighted by molar-refractivity contribution is 0.339. The molecule has 0 aromatic rings. The van der Waals surface area contributed by atoms with E-state index in [1.807, 2.05) is 6.07 Å². The summed E-state index contributed by atoms with van der Waals surface area (Å²) in [4.78, 5) is 0. The average Bonchev–Trinajstić information content (AvgIpc) is 1.84. The summed E-state index contributed by atoms with van der Waals surface area (Å²) in [5.41, 5.74) is -0.965. The van der Waals surface area contributed by atoms with Gasteiger partial charge >= 0.3 is 0 Å². The maximum atomic E-state index is 10.9. The van der Waals surface area contributed by atoms with Crippen LogP contribution < -0.4 is 0 Å². The smallest absolute Gasteiger partial charge is 0.212 e. The molecule has 0 N–H and O–H groups in total. The second kappa shape index (κ2) is 2.80. The molecule has 5 heteroatoms. The van der Waals surface area contributed by atoms with Crippen LogP contribution in [-0.2, 0) is 10.0 Å². The molecule has 0 aliphatic rings. The van der Waals surface area contributed by atoms with Crippen molar-refractivity contribution in [2.45, 2.75) is 19.4 Å². The van der Waals surface area contributed by atoms with Crippen molar-refractivity contribution >= 4 is 10.0 Å². The Hall–Kier alpha value is -0.600. The van der Waals surface area contributed by atoms with Crippen LogP contribution in [0.3, 0.4) is 0 Å². The van der Waals surface area contributed by atoms with E-state index in [9.17, 15) is 8.42 Å². The Bertz CT molecular complexity index is 273. The molecule has 0 radical (unpaired) electrons. The highest BCUT2D eigenvalue weighted by atomic mass is 32.2. The minimum absolute atomic E-state index is 0.965. The molecule has 0 spiro atoms. The summed E-state index contributed by atoms with van der Waals surface area (Å²) in [6.45, 7) is 3.10. The van der Waals surface area contributed by atoms with Gasteiger partial charge in [0.15, 0.2) is 0 Å². The quantitative estimate of drug-likeness (QED) is 0.603. The van der Waals surface area contributed by atoms with Crippen LogP contribution in [0.4, 0.5) is 0 Å². The van der Waals surface area contributed by atoms with Crippen molar-refractivity contribution in [3.05, 3.63) is 0 Å². The van der Waals surface area contributed by atoms with Crippen LogP contribution in [0.1, 0.15) is 13.8 Å². The summed E-state index contributed by atoms with van der Waals surface area (Å²) in [5, 5.41) is 8.57. The van der Waals surface area contributed by atoms with E-state index in [4.69, 9.17) is 5.26 Å². The molecule has 11 heavy (non-hydrogen) atoms. The fourth-order valence-electron chi connectivity index (χ4n) is 0.485. The van der Waals surface area contributed by atoms with E-state index in [0.29, 0.717) is 0 Å². The first-order chi connectivity index (χ1) is 4.72. The molecule has 0 rings (SSSR count). The fraction of sp³-hybridized carbons (Fsp3) is 0.833. The van der Waals surface area contributed by atoms with Gasteiger partial charge in [0.2, 0.25) is 10.0 Å². The van der Waals surface area contributed by atoms with Crippen LogP contribution in [0, 0.1) is 11.3 Å². The Labute approximate surface area is 67.5 Å². The number of rotatable bonds is 2. The third-order valence-corrected chi connectivity index (χ3v) is 3.01. The summed E-state index contributed by atoms with van der Waals surface area (Å²) in [5.74, 6) is 0. The Morgan fingerprint density at radius 3 is 1.91 bits per heavy atom. The van der Waals surface area contributed by atoms with E-state index in [1.54, 1.807) is 13.8 Å².